The van der Waals surface area contributed by atoms with Gasteiger partial charge in [0.05, 0.1) is 11.3 Å². The molecule has 4 nitrogen and oxygen atoms in total. The number of nitrogens with one attached hydrogen (secondary N) is 1. The highest BCUT2D eigenvalue weighted by Crippen LogP contribution is 2.10. The Bertz CT molecular complexity index is 387. The van der Waals surface area contributed by atoms with E-state index in [2.05, 4.69) is 10.4 Å². The molecule has 0 aliphatic carbocycles. The third kappa shape index (κ3) is 3.46. The number of aromatic nitrogens is 2. The van der Waals surface area contributed by atoms with Crippen LogP contribution in [0.3, 0.4) is 0 Å². The van der Waals surface area contributed by atoms with Crippen LogP contribution >= 0.6 is 11.6 Å². The second-order valence-electron chi connectivity index (χ2n) is 4.49. The highest BCUT2D eigenvalue weighted by molar-refractivity contribution is 6.18. The predicted octanol–water partition coefficient (Wildman–Crippen LogP) is 1.98. The van der Waals surface area contributed by atoms with Crippen LogP contribution in [0.25, 0.3) is 0 Å². The number of hydrogen-bond donors (Lipinski definition) is 1. The SMILES string of the molecule is CCc1nn(C)cc1C(=O)NC(CCl)C(C)C. The molecule has 0 aromatic carbocycles. The molecular formula is C12H20ClN3O. The minimum atomic E-state index is -0.0886. The van der Waals surface area contributed by atoms with Crippen LogP contribution in [-0.2, 0) is 13.5 Å². The monoisotopic (exact) mass is 257 g/mol. The second kappa shape index (κ2) is 6.05. The van der Waals surface area contributed by atoms with Gasteiger partial charge in [-0.1, -0.05) is 20.8 Å². The lowest BCUT2D eigenvalue weighted by atomic mass is 10.1. The molecule has 17 heavy (non-hydrogen) atoms. The standard InChI is InChI=1S/C12H20ClN3O/c1-5-10-9(7-16(4)15-10)12(17)14-11(6-13)8(2)3/h7-8,11H,5-6H2,1-4H3,(H,14,17). The predicted molar refractivity (Wildman–Crippen MR) is 69.4 cm³/mol. The Morgan fingerprint density at radius 1 is 1.59 bits per heavy atom. The summed E-state index contributed by atoms with van der Waals surface area (Å²) in [4.78, 5) is 12.1. The minimum absolute atomic E-state index is 0.00548. The topological polar surface area (TPSA) is 46.9 Å². The molecule has 0 fully saturated rings. The average molecular weight is 258 g/mol. The lowest BCUT2D eigenvalue weighted by molar-refractivity contribution is 0.0930. The number of rotatable bonds is 5. The van der Waals surface area contributed by atoms with Crippen molar-refractivity contribution in [1.82, 2.24) is 15.1 Å². The molecule has 0 bridgehead atoms. The van der Waals surface area contributed by atoms with Crippen LogP contribution in [0, 0.1) is 5.92 Å². The van der Waals surface area contributed by atoms with Gasteiger partial charge in [-0.3, -0.25) is 9.48 Å². The summed E-state index contributed by atoms with van der Waals surface area (Å²) >= 11 is 5.84. The van der Waals surface area contributed by atoms with Gasteiger partial charge < -0.3 is 5.32 Å². The Morgan fingerprint density at radius 2 is 2.24 bits per heavy atom. The summed E-state index contributed by atoms with van der Waals surface area (Å²) in [5.74, 6) is 0.651. The third-order valence-corrected chi connectivity index (χ3v) is 3.10. The lowest BCUT2D eigenvalue weighted by Crippen LogP contribution is -2.40. The van der Waals surface area contributed by atoms with Crippen LogP contribution in [-0.4, -0.2) is 27.6 Å². The molecule has 0 aliphatic heterocycles. The van der Waals surface area contributed by atoms with E-state index in [1.807, 2.05) is 27.8 Å². The fourth-order valence-electron chi connectivity index (χ4n) is 1.61. The summed E-state index contributed by atoms with van der Waals surface area (Å²) in [6, 6.07) is -0.00548. The first kappa shape index (κ1) is 14.0. The fraction of sp³-hybridized carbons (Fsp3) is 0.667. The molecule has 1 unspecified atom stereocenters. The van der Waals surface area contributed by atoms with E-state index in [-0.39, 0.29) is 11.9 Å². The normalized spacial score (nSPS) is 12.8. The van der Waals surface area contributed by atoms with Crippen molar-refractivity contribution in [2.75, 3.05) is 5.88 Å². The molecule has 0 saturated carbocycles. The first-order valence-electron chi connectivity index (χ1n) is 5.88. The van der Waals surface area contributed by atoms with Crippen LogP contribution < -0.4 is 5.32 Å². The number of nitrogens with zero attached hydrogens (tertiary/aromatic N) is 2. The first-order valence-corrected chi connectivity index (χ1v) is 6.42. The summed E-state index contributed by atoms with van der Waals surface area (Å²) in [5, 5.41) is 7.20. The van der Waals surface area contributed by atoms with Crippen LogP contribution in [0.2, 0.25) is 0 Å². The van der Waals surface area contributed by atoms with Crippen molar-refractivity contribution in [2.24, 2.45) is 13.0 Å². The van der Waals surface area contributed by atoms with Gasteiger partial charge in [-0.2, -0.15) is 5.10 Å². The Hall–Kier alpha value is -1.03. The highest BCUT2D eigenvalue weighted by atomic mass is 35.5. The Labute approximate surface area is 107 Å². The van der Waals surface area contributed by atoms with Gasteiger partial charge in [0.1, 0.15) is 0 Å². The summed E-state index contributed by atoms with van der Waals surface area (Å²) in [6.45, 7) is 6.06. The second-order valence-corrected chi connectivity index (χ2v) is 4.80. The molecule has 1 heterocycles. The molecule has 96 valence electrons. The molecule has 0 aliphatic rings. The van der Waals surface area contributed by atoms with Gasteiger partial charge in [-0.05, 0) is 12.3 Å². The van der Waals surface area contributed by atoms with Gasteiger partial charge >= 0.3 is 0 Å². The van der Waals surface area contributed by atoms with Crippen molar-refractivity contribution in [3.8, 4) is 0 Å². The number of halogens is 1. The van der Waals surface area contributed by atoms with Crippen molar-refractivity contribution < 1.29 is 4.79 Å². The number of alkyl halides is 1. The number of carbonyl (C=O) groups excluding carboxylic acids is 1. The maximum Gasteiger partial charge on any atom is 0.255 e. The third-order valence-electron chi connectivity index (χ3n) is 2.77. The van der Waals surface area contributed by atoms with E-state index in [0.29, 0.717) is 17.4 Å². The Morgan fingerprint density at radius 3 is 2.71 bits per heavy atom. The summed E-state index contributed by atoms with van der Waals surface area (Å²) in [5.41, 5.74) is 1.47. The molecular weight excluding hydrogens is 238 g/mol. The molecule has 5 heteroatoms. The summed E-state index contributed by atoms with van der Waals surface area (Å²) in [6.07, 6.45) is 2.50. The molecule has 1 amide bonds. The molecule has 0 saturated heterocycles. The fourth-order valence-corrected chi connectivity index (χ4v) is 2.05. The van der Waals surface area contributed by atoms with E-state index in [1.54, 1.807) is 10.9 Å². The van der Waals surface area contributed by atoms with Crippen LogP contribution in [0.4, 0.5) is 0 Å². The van der Waals surface area contributed by atoms with Gasteiger partial charge in [0.15, 0.2) is 0 Å². The van der Waals surface area contributed by atoms with Gasteiger partial charge in [0.2, 0.25) is 0 Å². The van der Waals surface area contributed by atoms with E-state index in [4.69, 9.17) is 11.6 Å². The molecule has 1 aromatic rings. The van der Waals surface area contributed by atoms with Crippen molar-refractivity contribution >= 4 is 17.5 Å². The first-order chi connectivity index (χ1) is 7.99. The van der Waals surface area contributed by atoms with Crippen molar-refractivity contribution in [1.29, 1.82) is 0 Å². The minimum Gasteiger partial charge on any atom is -0.348 e. The molecule has 1 atom stereocenters. The smallest absolute Gasteiger partial charge is 0.255 e. The number of aryl methyl sites for hydroxylation is 2. The number of hydrogen-bond acceptors (Lipinski definition) is 2. The van der Waals surface area contributed by atoms with Crippen molar-refractivity contribution in [3.63, 3.8) is 0 Å². The molecule has 0 radical (unpaired) electrons. The van der Waals surface area contributed by atoms with Gasteiger partial charge in [0, 0.05) is 25.2 Å². The van der Waals surface area contributed by atoms with Crippen LogP contribution in [0.15, 0.2) is 6.20 Å². The van der Waals surface area contributed by atoms with Crippen LogP contribution in [0.1, 0.15) is 36.8 Å². The summed E-state index contributed by atoms with van der Waals surface area (Å²) < 4.78 is 1.67. The Balaban J connectivity index is 2.81. The zero-order valence-electron chi connectivity index (χ0n) is 10.8. The van der Waals surface area contributed by atoms with Gasteiger partial charge in [-0.15, -0.1) is 11.6 Å². The maximum atomic E-state index is 12.1. The summed E-state index contributed by atoms with van der Waals surface area (Å²) in [7, 11) is 1.82. The highest BCUT2D eigenvalue weighted by Gasteiger charge is 2.19. The zero-order chi connectivity index (χ0) is 13.0. The molecule has 1 N–H and O–H groups in total. The molecule has 1 rings (SSSR count). The molecule has 1 aromatic heterocycles. The molecule has 0 spiro atoms. The largest absolute Gasteiger partial charge is 0.348 e. The van der Waals surface area contributed by atoms with Crippen LogP contribution in [0.5, 0.6) is 0 Å². The van der Waals surface area contributed by atoms with Gasteiger partial charge in [0.25, 0.3) is 5.91 Å². The Kier molecular flexibility index (Phi) is 5.00. The average Bonchev–Trinajstić information content (AvgIpc) is 2.66. The number of carbonyl (C=O) groups is 1. The van der Waals surface area contributed by atoms with Crippen molar-refractivity contribution in [2.45, 2.75) is 33.2 Å². The van der Waals surface area contributed by atoms with E-state index < -0.39 is 0 Å². The van der Waals surface area contributed by atoms with E-state index in [0.717, 1.165) is 12.1 Å². The number of amides is 1. The van der Waals surface area contributed by atoms with E-state index >= 15 is 0 Å². The van der Waals surface area contributed by atoms with Crippen molar-refractivity contribution in [3.05, 3.63) is 17.5 Å². The maximum absolute atomic E-state index is 12.1. The zero-order valence-corrected chi connectivity index (χ0v) is 11.6. The van der Waals surface area contributed by atoms with Gasteiger partial charge in [-0.25, -0.2) is 0 Å². The lowest BCUT2D eigenvalue weighted by Gasteiger charge is -2.19. The quantitative estimate of drug-likeness (QED) is 0.820. The van der Waals surface area contributed by atoms with E-state index in [1.165, 1.54) is 0 Å². The van der Waals surface area contributed by atoms with E-state index in [9.17, 15) is 4.79 Å².